The van der Waals surface area contributed by atoms with Gasteiger partial charge in [-0.05, 0) is 50.7 Å². The van der Waals surface area contributed by atoms with Crippen molar-refractivity contribution in [1.29, 1.82) is 0 Å². The Balaban J connectivity index is 2.65. The van der Waals surface area contributed by atoms with Crippen LogP contribution in [0.1, 0.15) is 10.4 Å². The molecule has 1 aromatic carbocycles. The summed E-state index contributed by atoms with van der Waals surface area (Å²) in [7, 11) is 0. The zero-order valence-electron chi connectivity index (χ0n) is 8.02. The van der Waals surface area contributed by atoms with Gasteiger partial charge in [0.05, 0.1) is 21.0 Å². The Morgan fingerprint density at radius 1 is 1.50 bits per heavy atom. The number of nitrogens with two attached hydrogens (primary N) is 1. The van der Waals surface area contributed by atoms with E-state index in [0.29, 0.717) is 15.7 Å². The van der Waals surface area contributed by atoms with E-state index in [1.165, 1.54) is 0 Å². The largest absolute Gasteiger partial charge is 0.365 e. The maximum atomic E-state index is 11.4. The molecule has 2 rings (SSSR count). The van der Waals surface area contributed by atoms with E-state index < -0.39 is 5.91 Å². The standard InChI is InChI=1S/C10H7BrIN3O/c11-7-2-1-3-8(9(7)10(13)16)15-5-6(12)4-14-15/h1-5H,(H2,13,16). The van der Waals surface area contributed by atoms with Crippen molar-refractivity contribution in [2.75, 3.05) is 0 Å². The monoisotopic (exact) mass is 391 g/mol. The van der Waals surface area contributed by atoms with Gasteiger partial charge in [0, 0.05) is 10.7 Å². The number of halogens is 2. The van der Waals surface area contributed by atoms with Gasteiger partial charge in [0.25, 0.3) is 5.91 Å². The molecule has 0 spiro atoms. The topological polar surface area (TPSA) is 60.9 Å². The molecule has 2 aromatic rings. The van der Waals surface area contributed by atoms with Crippen molar-refractivity contribution in [1.82, 2.24) is 9.78 Å². The molecule has 2 N–H and O–H groups in total. The summed E-state index contributed by atoms with van der Waals surface area (Å²) >= 11 is 5.46. The quantitative estimate of drug-likeness (QED) is 0.798. The van der Waals surface area contributed by atoms with Crippen molar-refractivity contribution in [2.24, 2.45) is 5.73 Å². The van der Waals surface area contributed by atoms with Crippen LogP contribution in [-0.2, 0) is 0 Å². The number of amides is 1. The van der Waals surface area contributed by atoms with Gasteiger partial charge in [0.15, 0.2) is 0 Å². The van der Waals surface area contributed by atoms with E-state index >= 15 is 0 Å². The van der Waals surface area contributed by atoms with Gasteiger partial charge in [-0.3, -0.25) is 4.79 Å². The highest BCUT2D eigenvalue weighted by Crippen LogP contribution is 2.23. The van der Waals surface area contributed by atoms with Gasteiger partial charge in [-0.25, -0.2) is 4.68 Å². The second kappa shape index (κ2) is 4.54. The van der Waals surface area contributed by atoms with E-state index in [2.05, 4.69) is 43.6 Å². The first-order chi connectivity index (χ1) is 7.59. The molecule has 0 aliphatic carbocycles. The molecule has 0 saturated heterocycles. The molecule has 0 fully saturated rings. The van der Waals surface area contributed by atoms with Crippen molar-refractivity contribution in [2.45, 2.75) is 0 Å². The van der Waals surface area contributed by atoms with Crippen LogP contribution in [0.4, 0.5) is 0 Å². The van der Waals surface area contributed by atoms with Crippen LogP contribution >= 0.6 is 38.5 Å². The molecule has 1 aromatic heterocycles. The van der Waals surface area contributed by atoms with Crippen LogP contribution in [0.5, 0.6) is 0 Å². The van der Waals surface area contributed by atoms with Crippen LogP contribution < -0.4 is 5.73 Å². The van der Waals surface area contributed by atoms with Crippen LogP contribution in [0.3, 0.4) is 0 Å². The number of primary amides is 1. The number of carbonyl (C=O) groups excluding carboxylic acids is 1. The Bertz CT molecular complexity index is 553. The van der Waals surface area contributed by atoms with E-state index in [4.69, 9.17) is 5.73 Å². The predicted octanol–water partition coefficient (Wildman–Crippen LogP) is 2.34. The Labute approximate surface area is 114 Å². The number of aromatic nitrogens is 2. The number of nitrogens with zero attached hydrogens (tertiary/aromatic N) is 2. The van der Waals surface area contributed by atoms with Crippen molar-refractivity contribution in [3.8, 4) is 5.69 Å². The maximum absolute atomic E-state index is 11.4. The Morgan fingerprint density at radius 3 is 2.81 bits per heavy atom. The number of benzene rings is 1. The molecule has 0 atom stereocenters. The minimum absolute atomic E-state index is 0.432. The molecule has 16 heavy (non-hydrogen) atoms. The summed E-state index contributed by atoms with van der Waals surface area (Å²) in [6, 6.07) is 5.41. The first kappa shape index (κ1) is 11.6. The molecule has 4 nitrogen and oxygen atoms in total. The summed E-state index contributed by atoms with van der Waals surface area (Å²) in [4.78, 5) is 11.4. The molecular formula is C10H7BrIN3O. The molecule has 0 aliphatic heterocycles. The maximum Gasteiger partial charge on any atom is 0.252 e. The Hall–Kier alpha value is -0.890. The molecule has 1 amide bonds. The van der Waals surface area contributed by atoms with Crippen LogP contribution in [0.15, 0.2) is 35.1 Å². The van der Waals surface area contributed by atoms with Gasteiger partial charge >= 0.3 is 0 Å². The summed E-state index contributed by atoms with van der Waals surface area (Å²) in [6.07, 6.45) is 3.54. The van der Waals surface area contributed by atoms with Gasteiger partial charge in [0.2, 0.25) is 0 Å². The fourth-order valence-corrected chi connectivity index (χ4v) is 2.32. The van der Waals surface area contributed by atoms with Gasteiger partial charge in [-0.2, -0.15) is 5.10 Å². The summed E-state index contributed by atoms with van der Waals surface area (Å²) in [5, 5.41) is 4.15. The predicted molar refractivity (Wildman–Crippen MR) is 72.5 cm³/mol. The first-order valence-corrected chi connectivity index (χ1v) is 6.25. The zero-order valence-corrected chi connectivity index (χ0v) is 11.8. The zero-order chi connectivity index (χ0) is 11.7. The van der Waals surface area contributed by atoms with Crippen molar-refractivity contribution in [3.63, 3.8) is 0 Å². The highest BCUT2D eigenvalue weighted by atomic mass is 127. The number of hydrogen-bond donors (Lipinski definition) is 1. The van der Waals surface area contributed by atoms with E-state index in [1.807, 2.05) is 12.3 Å². The first-order valence-electron chi connectivity index (χ1n) is 4.38. The number of hydrogen-bond acceptors (Lipinski definition) is 2. The molecule has 0 radical (unpaired) electrons. The van der Waals surface area contributed by atoms with Gasteiger partial charge in [-0.1, -0.05) is 6.07 Å². The molecule has 1 heterocycles. The van der Waals surface area contributed by atoms with E-state index in [-0.39, 0.29) is 0 Å². The molecule has 0 bridgehead atoms. The molecule has 0 unspecified atom stereocenters. The van der Waals surface area contributed by atoms with Crippen molar-refractivity contribution < 1.29 is 4.79 Å². The normalized spacial score (nSPS) is 10.4. The smallest absolute Gasteiger partial charge is 0.252 e. The third-order valence-corrected chi connectivity index (χ3v) is 3.25. The Kier molecular flexibility index (Phi) is 3.29. The van der Waals surface area contributed by atoms with E-state index in [0.717, 1.165) is 3.57 Å². The number of rotatable bonds is 2. The summed E-state index contributed by atoms with van der Waals surface area (Å²) in [6.45, 7) is 0. The molecule has 6 heteroatoms. The Morgan fingerprint density at radius 2 is 2.25 bits per heavy atom. The van der Waals surface area contributed by atoms with Gasteiger partial charge < -0.3 is 5.73 Å². The van der Waals surface area contributed by atoms with Crippen LogP contribution in [0.25, 0.3) is 5.69 Å². The average Bonchev–Trinajstić information content (AvgIpc) is 2.63. The summed E-state index contributed by atoms with van der Waals surface area (Å²) in [5.74, 6) is -0.479. The fraction of sp³-hybridized carbons (Fsp3) is 0. The lowest BCUT2D eigenvalue weighted by Gasteiger charge is -2.08. The fourth-order valence-electron chi connectivity index (χ4n) is 1.38. The van der Waals surface area contributed by atoms with Crippen LogP contribution in [-0.4, -0.2) is 15.7 Å². The SMILES string of the molecule is NC(=O)c1c(Br)cccc1-n1cc(I)cn1. The lowest BCUT2D eigenvalue weighted by atomic mass is 10.1. The third-order valence-electron chi connectivity index (χ3n) is 2.04. The summed E-state index contributed by atoms with van der Waals surface area (Å²) in [5.41, 5.74) is 6.45. The van der Waals surface area contributed by atoms with Crippen molar-refractivity contribution in [3.05, 3.63) is 44.2 Å². The van der Waals surface area contributed by atoms with Gasteiger partial charge in [0.1, 0.15) is 0 Å². The molecular weight excluding hydrogens is 385 g/mol. The minimum Gasteiger partial charge on any atom is -0.365 e. The lowest BCUT2D eigenvalue weighted by Crippen LogP contribution is -2.15. The molecule has 0 aliphatic rings. The van der Waals surface area contributed by atoms with Crippen molar-refractivity contribution >= 4 is 44.4 Å². The number of carbonyl (C=O) groups is 1. The van der Waals surface area contributed by atoms with Gasteiger partial charge in [-0.15, -0.1) is 0 Å². The minimum atomic E-state index is -0.479. The van der Waals surface area contributed by atoms with Crippen LogP contribution in [0, 0.1) is 3.57 Å². The summed E-state index contributed by atoms with van der Waals surface area (Å²) < 4.78 is 3.29. The third kappa shape index (κ3) is 2.12. The van der Waals surface area contributed by atoms with E-state index in [9.17, 15) is 4.79 Å². The average molecular weight is 392 g/mol. The lowest BCUT2D eigenvalue weighted by molar-refractivity contribution is 0.0999. The van der Waals surface area contributed by atoms with E-state index in [1.54, 1.807) is 23.0 Å². The molecule has 82 valence electrons. The highest BCUT2D eigenvalue weighted by molar-refractivity contribution is 14.1. The second-order valence-electron chi connectivity index (χ2n) is 3.10. The highest BCUT2D eigenvalue weighted by Gasteiger charge is 2.14. The second-order valence-corrected chi connectivity index (χ2v) is 5.20. The molecule has 0 saturated carbocycles. The van der Waals surface area contributed by atoms with Crippen LogP contribution in [0.2, 0.25) is 0 Å².